The highest BCUT2D eigenvalue weighted by molar-refractivity contribution is 5.97. The third-order valence-electron chi connectivity index (χ3n) is 4.00. The number of carbonyl (C=O) groups excluding carboxylic acids is 2. The van der Waals surface area contributed by atoms with Crippen molar-refractivity contribution < 1.29 is 18.7 Å². The third kappa shape index (κ3) is 3.44. The topological polar surface area (TPSA) is 59.8 Å². The van der Waals surface area contributed by atoms with Gasteiger partial charge in [0.25, 0.3) is 0 Å². The van der Waals surface area contributed by atoms with Crippen LogP contribution in [0, 0.1) is 0 Å². The first-order valence-electron chi connectivity index (χ1n) is 7.74. The second-order valence-corrected chi connectivity index (χ2v) is 5.54. The molecule has 2 aromatic rings. The molecular weight excluding hydrogens is 294 g/mol. The van der Waals surface area contributed by atoms with E-state index in [-0.39, 0.29) is 11.8 Å². The molecule has 0 spiro atoms. The summed E-state index contributed by atoms with van der Waals surface area (Å²) in [7, 11) is 1.63. The van der Waals surface area contributed by atoms with Gasteiger partial charge >= 0.3 is 0 Å². The van der Waals surface area contributed by atoms with Crippen LogP contribution in [0.3, 0.4) is 0 Å². The van der Waals surface area contributed by atoms with E-state index in [0.29, 0.717) is 32.2 Å². The molecule has 0 bridgehead atoms. The Morgan fingerprint density at radius 1 is 1.04 bits per heavy atom. The van der Waals surface area contributed by atoms with E-state index in [1.165, 1.54) is 4.90 Å². The Morgan fingerprint density at radius 3 is 2.39 bits per heavy atom. The summed E-state index contributed by atoms with van der Waals surface area (Å²) in [5, 5.41) is 0. The molecule has 5 nitrogen and oxygen atoms in total. The standard InChI is InChI=1S/C18H19NO4/c1-22-14-7-5-13(6-8-14)16-10-9-15(23-16)11-12-19-17(20)3-2-4-18(19)21/h5-10H,2-4,11-12H2,1H3. The maximum atomic E-state index is 11.8. The van der Waals surface area contributed by atoms with Crippen LogP contribution in [-0.2, 0) is 16.0 Å². The SMILES string of the molecule is COc1ccc(-c2ccc(CCN3C(=O)CCCC3=O)o2)cc1. The number of imide groups is 1. The quantitative estimate of drug-likeness (QED) is 0.796. The zero-order valence-electron chi connectivity index (χ0n) is 13.1. The number of hydrogen-bond acceptors (Lipinski definition) is 4. The fraction of sp³-hybridized carbons (Fsp3) is 0.333. The molecule has 3 rings (SSSR count). The summed E-state index contributed by atoms with van der Waals surface area (Å²) < 4.78 is 11.0. The van der Waals surface area contributed by atoms with Gasteiger partial charge in [0.2, 0.25) is 11.8 Å². The first-order valence-corrected chi connectivity index (χ1v) is 7.74. The van der Waals surface area contributed by atoms with Crippen LogP contribution in [0.25, 0.3) is 11.3 Å². The van der Waals surface area contributed by atoms with Crippen molar-refractivity contribution in [3.63, 3.8) is 0 Å². The van der Waals surface area contributed by atoms with Gasteiger partial charge in [0.15, 0.2) is 0 Å². The van der Waals surface area contributed by atoms with E-state index < -0.39 is 0 Å². The second kappa shape index (κ2) is 6.69. The lowest BCUT2D eigenvalue weighted by Gasteiger charge is -2.24. The Morgan fingerprint density at radius 2 is 1.74 bits per heavy atom. The highest BCUT2D eigenvalue weighted by atomic mass is 16.5. The van der Waals surface area contributed by atoms with E-state index in [1.807, 2.05) is 36.4 Å². The number of benzene rings is 1. The van der Waals surface area contributed by atoms with Crippen LogP contribution in [0.1, 0.15) is 25.0 Å². The van der Waals surface area contributed by atoms with Crippen LogP contribution >= 0.6 is 0 Å². The molecule has 1 fully saturated rings. The lowest BCUT2D eigenvalue weighted by Crippen LogP contribution is -2.41. The minimum Gasteiger partial charge on any atom is -0.497 e. The molecule has 1 aromatic heterocycles. The molecule has 0 radical (unpaired) electrons. The summed E-state index contributed by atoms with van der Waals surface area (Å²) in [6.45, 7) is 0.382. The van der Waals surface area contributed by atoms with Gasteiger partial charge in [-0.2, -0.15) is 0 Å². The van der Waals surface area contributed by atoms with Gasteiger partial charge in [0.1, 0.15) is 17.3 Å². The summed E-state index contributed by atoms with van der Waals surface area (Å²) in [6.07, 6.45) is 2.12. The molecule has 1 aliphatic rings. The fourth-order valence-electron chi connectivity index (χ4n) is 2.69. The summed E-state index contributed by atoms with van der Waals surface area (Å²) >= 11 is 0. The Hall–Kier alpha value is -2.56. The number of likely N-dealkylation sites (tertiary alicyclic amines) is 1. The van der Waals surface area contributed by atoms with Crippen molar-refractivity contribution in [3.05, 3.63) is 42.2 Å². The molecule has 1 saturated heterocycles. The van der Waals surface area contributed by atoms with Gasteiger partial charge in [-0.05, 0) is 42.8 Å². The molecule has 1 aromatic carbocycles. The van der Waals surface area contributed by atoms with Gasteiger partial charge in [-0.25, -0.2) is 0 Å². The minimum atomic E-state index is -0.0804. The Labute approximate surface area is 134 Å². The fourth-order valence-corrected chi connectivity index (χ4v) is 2.69. The van der Waals surface area contributed by atoms with Gasteiger partial charge in [0.05, 0.1) is 7.11 Å². The number of amides is 2. The van der Waals surface area contributed by atoms with Crippen molar-refractivity contribution in [2.45, 2.75) is 25.7 Å². The molecule has 1 aliphatic heterocycles. The van der Waals surface area contributed by atoms with Gasteiger partial charge in [-0.3, -0.25) is 14.5 Å². The van der Waals surface area contributed by atoms with Crippen molar-refractivity contribution >= 4 is 11.8 Å². The van der Waals surface area contributed by atoms with E-state index in [4.69, 9.17) is 9.15 Å². The van der Waals surface area contributed by atoms with Crippen molar-refractivity contribution in [1.29, 1.82) is 0 Å². The van der Waals surface area contributed by atoms with Gasteiger partial charge in [-0.1, -0.05) is 0 Å². The zero-order chi connectivity index (χ0) is 16.2. The molecule has 5 heteroatoms. The number of hydrogen-bond donors (Lipinski definition) is 0. The van der Waals surface area contributed by atoms with Crippen molar-refractivity contribution in [1.82, 2.24) is 4.90 Å². The smallest absolute Gasteiger partial charge is 0.229 e. The maximum Gasteiger partial charge on any atom is 0.229 e. The normalized spacial score (nSPS) is 15.1. The lowest BCUT2D eigenvalue weighted by atomic mass is 10.1. The summed E-state index contributed by atoms with van der Waals surface area (Å²) in [4.78, 5) is 24.9. The third-order valence-corrected chi connectivity index (χ3v) is 4.00. The Kier molecular flexibility index (Phi) is 4.46. The number of nitrogens with zero attached hydrogens (tertiary/aromatic N) is 1. The summed E-state index contributed by atoms with van der Waals surface area (Å²) in [5.74, 6) is 2.16. The molecule has 0 N–H and O–H groups in total. The average molecular weight is 313 g/mol. The van der Waals surface area contributed by atoms with Crippen LogP contribution in [-0.4, -0.2) is 30.4 Å². The molecule has 23 heavy (non-hydrogen) atoms. The Balaban J connectivity index is 1.64. The molecular formula is C18H19NO4. The number of carbonyl (C=O) groups is 2. The van der Waals surface area contributed by atoms with Crippen LogP contribution in [0.2, 0.25) is 0 Å². The number of ether oxygens (including phenoxy) is 1. The number of piperidine rings is 1. The second-order valence-electron chi connectivity index (χ2n) is 5.54. The minimum absolute atomic E-state index is 0.0804. The van der Waals surface area contributed by atoms with E-state index >= 15 is 0 Å². The highest BCUT2D eigenvalue weighted by Crippen LogP contribution is 2.25. The predicted octanol–water partition coefficient (Wildman–Crippen LogP) is 3.04. The monoisotopic (exact) mass is 313 g/mol. The molecule has 2 heterocycles. The van der Waals surface area contributed by atoms with E-state index in [0.717, 1.165) is 22.8 Å². The zero-order valence-corrected chi connectivity index (χ0v) is 13.1. The van der Waals surface area contributed by atoms with Gasteiger partial charge < -0.3 is 9.15 Å². The van der Waals surface area contributed by atoms with Gasteiger partial charge in [-0.15, -0.1) is 0 Å². The van der Waals surface area contributed by atoms with Crippen LogP contribution in [0.15, 0.2) is 40.8 Å². The highest BCUT2D eigenvalue weighted by Gasteiger charge is 2.25. The first kappa shape index (κ1) is 15.3. The van der Waals surface area contributed by atoms with E-state index in [2.05, 4.69) is 0 Å². The predicted molar refractivity (Wildman–Crippen MR) is 85.0 cm³/mol. The number of furan rings is 1. The number of methoxy groups -OCH3 is 1. The van der Waals surface area contributed by atoms with Crippen LogP contribution in [0.4, 0.5) is 0 Å². The summed E-state index contributed by atoms with van der Waals surface area (Å²) in [6, 6.07) is 11.4. The van der Waals surface area contributed by atoms with Crippen molar-refractivity contribution in [2.75, 3.05) is 13.7 Å². The first-order chi connectivity index (χ1) is 11.2. The van der Waals surface area contributed by atoms with Crippen molar-refractivity contribution in [2.24, 2.45) is 0 Å². The van der Waals surface area contributed by atoms with Gasteiger partial charge in [0, 0.05) is 31.4 Å². The maximum absolute atomic E-state index is 11.8. The van der Waals surface area contributed by atoms with E-state index in [9.17, 15) is 9.59 Å². The molecule has 0 unspecified atom stereocenters. The largest absolute Gasteiger partial charge is 0.497 e. The van der Waals surface area contributed by atoms with Crippen molar-refractivity contribution in [3.8, 4) is 17.1 Å². The molecule has 120 valence electrons. The van der Waals surface area contributed by atoms with E-state index in [1.54, 1.807) is 7.11 Å². The lowest BCUT2D eigenvalue weighted by molar-refractivity contribution is -0.147. The average Bonchev–Trinajstić information content (AvgIpc) is 3.03. The number of rotatable bonds is 5. The van der Waals surface area contributed by atoms with Crippen LogP contribution in [0.5, 0.6) is 5.75 Å². The molecule has 0 saturated carbocycles. The molecule has 0 aliphatic carbocycles. The molecule has 2 amide bonds. The molecule has 0 atom stereocenters. The van der Waals surface area contributed by atoms with Crippen LogP contribution < -0.4 is 4.74 Å². The summed E-state index contributed by atoms with van der Waals surface area (Å²) in [5.41, 5.74) is 0.960. The Bertz CT molecular complexity index is 686.